The molecule has 0 radical (unpaired) electrons. The standard InChI is InChI=1S/C18H19NO8/c1-11-15(9-19(22)23)16(26-12(2)20)17(27-13(3)21)18(25-11)24-10-14-7-5-4-6-8-14/h4-9,16-18H,1,10H2,2-3H3/b15-9-/t16-,17+,18-/m1/s1. The molecule has 1 aromatic rings. The van der Waals surface area contributed by atoms with E-state index in [2.05, 4.69) is 6.58 Å². The molecule has 144 valence electrons. The van der Waals surface area contributed by atoms with Gasteiger partial charge in [-0.3, -0.25) is 19.7 Å². The van der Waals surface area contributed by atoms with E-state index in [4.69, 9.17) is 18.9 Å². The Morgan fingerprint density at radius 2 is 1.85 bits per heavy atom. The van der Waals surface area contributed by atoms with Crippen molar-refractivity contribution >= 4 is 11.9 Å². The number of carbonyl (C=O) groups is 2. The molecule has 0 spiro atoms. The first kappa shape index (κ1) is 20.1. The minimum Gasteiger partial charge on any atom is -0.461 e. The van der Waals surface area contributed by atoms with Gasteiger partial charge >= 0.3 is 11.9 Å². The van der Waals surface area contributed by atoms with Crippen LogP contribution in [0.3, 0.4) is 0 Å². The van der Waals surface area contributed by atoms with Crippen LogP contribution in [-0.4, -0.2) is 35.4 Å². The smallest absolute Gasteiger partial charge is 0.303 e. The Morgan fingerprint density at radius 3 is 2.41 bits per heavy atom. The first-order valence-corrected chi connectivity index (χ1v) is 7.99. The highest BCUT2D eigenvalue weighted by Crippen LogP contribution is 2.33. The van der Waals surface area contributed by atoms with E-state index < -0.39 is 35.4 Å². The van der Waals surface area contributed by atoms with Gasteiger partial charge in [-0.1, -0.05) is 36.9 Å². The molecule has 0 saturated carbocycles. The van der Waals surface area contributed by atoms with Gasteiger partial charge in [-0.15, -0.1) is 0 Å². The Morgan fingerprint density at radius 1 is 1.22 bits per heavy atom. The molecule has 1 saturated heterocycles. The third-order valence-electron chi connectivity index (χ3n) is 3.55. The van der Waals surface area contributed by atoms with Gasteiger partial charge < -0.3 is 18.9 Å². The maximum Gasteiger partial charge on any atom is 0.303 e. The number of hydrogen-bond acceptors (Lipinski definition) is 8. The minimum absolute atomic E-state index is 0.109. The summed E-state index contributed by atoms with van der Waals surface area (Å²) in [5, 5.41) is 10.9. The summed E-state index contributed by atoms with van der Waals surface area (Å²) in [5.41, 5.74) is 0.699. The zero-order chi connectivity index (χ0) is 20.0. The first-order chi connectivity index (χ1) is 12.8. The van der Waals surface area contributed by atoms with E-state index in [0.717, 1.165) is 19.4 Å². The maximum absolute atomic E-state index is 11.5. The predicted molar refractivity (Wildman–Crippen MR) is 91.4 cm³/mol. The van der Waals surface area contributed by atoms with Crippen molar-refractivity contribution in [3.05, 3.63) is 70.1 Å². The molecule has 3 atom stereocenters. The molecule has 1 aromatic carbocycles. The molecule has 0 amide bonds. The molecule has 0 N–H and O–H groups in total. The zero-order valence-electron chi connectivity index (χ0n) is 14.8. The molecule has 2 rings (SSSR count). The molecule has 0 unspecified atom stereocenters. The van der Waals surface area contributed by atoms with Gasteiger partial charge in [0.1, 0.15) is 11.3 Å². The molecule has 9 heteroatoms. The van der Waals surface area contributed by atoms with Crippen LogP contribution in [0.2, 0.25) is 0 Å². The quantitative estimate of drug-likeness (QED) is 0.421. The van der Waals surface area contributed by atoms with E-state index in [1.165, 1.54) is 0 Å². The molecule has 1 aliphatic rings. The third-order valence-corrected chi connectivity index (χ3v) is 3.55. The van der Waals surface area contributed by atoms with Crippen LogP contribution in [0.1, 0.15) is 19.4 Å². The number of benzene rings is 1. The van der Waals surface area contributed by atoms with Crippen molar-refractivity contribution in [1.82, 2.24) is 0 Å². The lowest BCUT2D eigenvalue weighted by molar-refractivity contribution is -0.404. The highest BCUT2D eigenvalue weighted by molar-refractivity contribution is 5.68. The summed E-state index contributed by atoms with van der Waals surface area (Å²) >= 11 is 0. The second kappa shape index (κ2) is 8.95. The zero-order valence-corrected chi connectivity index (χ0v) is 14.8. The van der Waals surface area contributed by atoms with Crippen LogP contribution in [0.4, 0.5) is 0 Å². The number of esters is 2. The van der Waals surface area contributed by atoms with Gasteiger partial charge in [0.15, 0.2) is 6.10 Å². The first-order valence-electron chi connectivity index (χ1n) is 7.99. The summed E-state index contributed by atoms with van der Waals surface area (Å²) in [7, 11) is 0. The molecule has 0 aliphatic carbocycles. The van der Waals surface area contributed by atoms with Gasteiger partial charge in [0, 0.05) is 13.8 Å². The van der Waals surface area contributed by atoms with Crippen molar-refractivity contribution in [2.45, 2.75) is 39.0 Å². The SMILES string of the molecule is C=C1O[C@@H](OCc2ccccc2)[C@@H](OC(C)=O)[C@H](OC(C)=O)/C1=C\[N+](=O)[O-]. The third kappa shape index (κ3) is 5.65. The number of nitrogens with zero attached hydrogens (tertiary/aromatic N) is 1. The average Bonchev–Trinajstić information content (AvgIpc) is 2.59. The van der Waals surface area contributed by atoms with Crippen LogP contribution in [0.25, 0.3) is 0 Å². The molecular weight excluding hydrogens is 358 g/mol. The highest BCUT2D eigenvalue weighted by atomic mass is 16.7. The van der Waals surface area contributed by atoms with E-state index in [1.807, 2.05) is 30.3 Å². The van der Waals surface area contributed by atoms with Gasteiger partial charge in [-0.05, 0) is 5.56 Å². The number of rotatable bonds is 6. The fourth-order valence-electron chi connectivity index (χ4n) is 2.51. The lowest BCUT2D eigenvalue weighted by Crippen LogP contribution is -2.50. The Labute approximate surface area is 155 Å². The van der Waals surface area contributed by atoms with Crippen molar-refractivity contribution in [2.75, 3.05) is 0 Å². The van der Waals surface area contributed by atoms with Gasteiger partial charge in [0.05, 0.1) is 11.5 Å². The molecular formula is C18H19NO8. The van der Waals surface area contributed by atoms with Gasteiger partial charge in [-0.2, -0.15) is 0 Å². The molecule has 1 aliphatic heterocycles. The summed E-state index contributed by atoms with van der Waals surface area (Å²) in [6.07, 6.45) is -3.11. The fourth-order valence-corrected chi connectivity index (χ4v) is 2.51. The summed E-state index contributed by atoms with van der Waals surface area (Å²) in [4.78, 5) is 33.2. The van der Waals surface area contributed by atoms with Crippen LogP contribution in [-0.2, 0) is 35.1 Å². The summed E-state index contributed by atoms with van der Waals surface area (Å²) in [5.74, 6) is -1.52. The highest BCUT2D eigenvalue weighted by Gasteiger charge is 2.46. The van der Waals surface area contributed by atoms with E-state index in [9.17, 15) is 19.7 Å². The Balaban J connectivity index is 2.31. The summed E-state index contributed by atoms with van der Waals surface area (Å²) in [6.45, 7) is 6.01. The largest absolute Gasteiger partial charge is 0.461 e. The number of nitro groups is 1. The monoisotopic (exact) mass is 377 g/mol. The topological polar surface area (TPSA) is 114 Å². The van der Waals surface area contributed by atoms with Crippen LogP contribution in [0.5, 0.6) is 0 Å². The van der Waals surface area contributed by atoms with Gasteiger partial charge in [-0.25, -0.2) is 0 Å². The summed E-state index contributed by atoms with van der Waals surface area (Å²) in [6, 6.07) is 9.13. The molecule has 27 heavy (non-hydrogen) atoms. The number of carbonyl (C=O) groups excluding carboxylic acids is 2. The second-order valence-electron chi connectivity index (χ2n) is 5.68. The summed E-state index contributed by atoms with van der Waals surface area (Å²) < 4.78 is 21.5. The molecule has 1 heterocycles. The van der Waals surface area contributed by atoms with Crippen LogP contribution >= 0.6 is 0 Å². The van der Waals surface area contributed by atoms with Crippen LogP contribution < -0.4 is 0 Å². The normalized spacial score (nSPS) is 23.4. The second-order valence-corrected chi connectivity index (χ2v) is 5.68. The predicted octanol–water partition coefficient (Wildman–Crippen LogP) is 2.10. The Kier molecular flexibility index (Phi) is 6.67. The van der Waals surface area contributed by atoms with Crippen molar-refractivity contribution in [1.29, 1.82) is 0 Å². The lowest BCUT2D eigenvalue weighted by Gasteiger charge is -2.37. The van der Waals surface area contributed by atoms with Crippen LogP contribution in [0.15, 0.2) is 54.4 Å². The van der Waals surface area contributed by atoms with Gasteiger partial charge in [0.2, 0.25) is 18.6 Å². The minimum atomic E-state index is -1.29. The Hall–Kier alpha value is -3.20. The van der Waals surface area contributed by atoms with E-state index in [-0.39, 0.29) is 17.9 Å². The van der Waals surface area contributed by atoms with E-state index in [0.29, 0.717) is 6.20 Å². The Bertz CT molecular complexity index is 758. The van der Waals surface area contributed by atoms with Crippen molar-refractivity contribution < 1.29 is 33.5 Å². The van der Waals surface area contributed by atoms with Gasteiger partial charge in [0.25, 0.3) is 0 Å². The molecule has 0 bridgehead atoms. The molecule has 1 fully saturated rings. The lowest BCUT2D eigenvalue weighted by atomic mass is 10.00. The van der Waals surface area contributed by atoms with Crippen LogP contribution in [0, 0.1) is 10.1 Å². The van der Waals surface area contributed by atoms with E-state index >= 15 is 0 Å². The number of ether oxygens (including phenoxy) is 4. The average molecular weight is 377 g/mol. The van der Waals surface area contributed by atoms with Crippen molar-refractivity contribution in [3.63, 3.8) is 0 Å². The number of hydrogen-bond donors (Lipinski definition) is 0. The maximum atomic E-state index is 11.5. The fraction of sp³-hybridized carbons (Fsp3) is 0.333. The molecule has 9 nitrogen and oxygen atoms in total. The van der Waals surface area contributed by atoms with Crippen molar-refractivity contribution in [3.8, 4) is 0 Å². The van der Waals surface area contributed by atoms with Crippen molar-refractivity contribution in [2.24, 2.45) is 0 Å². The van der Waals surface area contributed by atoms with E-state index in [1.54, 1.807) is 0 Å². The molecule has 0 aromatic heterocycles.